The van der Waals surface area contributed by atoms with Gasteiger partial charge in [0, 0.05) is 25.0 Å². The van der Waals surface area contributed by atoms with Crippen LogP contribution in [0.3, 0.4) is 0 Å². The van der Waals surface area contributed by atoms with Crippen LogP contribution in [0.25, 0.3) is 0 Å². The third kappa shape index (κ3) is 5.75. The molecule has 1 amide bonds. The molecule has 0 aliphatic heterocycles. The highest BCUT2D eigenvalue weighted by Gasteiger charge is 2.33. The molecule has 2 rings (SSSR count). The molecule has 2 N–H and O–H groups in total. The number of guanidine groups is 1. The first kappa shape index (κ1) is 19.2. The van der Waals surface area contributed by atoms with Gasteiger partial charge in [0.2, 0.25) is 5.91 Å². The van der Waals surface area contributed by atoms with Gasteiger partial charge in [-0.15, -0.1) is 35.3 Å². The monoisotopic (exact) mass is 436 g/mol. The maximum Gasteiger partial charge on any atom is 0.243 e. The average Bonchev–Trinajstić information content (AvgIpc) is 2.94. The van der Waals surface area contributed by atoms with Crippen molar-refractivity contribution in [3.63, 3.8) is 0 Å². The lowest BCUT2D eigenvalue weighted by atomic mass is 10.3. The first-order valence-electron chi connectivity index (χ1n) is 7.28. The maximum absolute atomic E-state index is 11.7. The number of nitrogens with one attached hydrogen (secondary N) is 2. The van der Waals surface area contributed by atoms with E-state index in [1.165, 1.54) is 4.88 Å². The van der Waals surface area contributed by atoms with Crippen LogP contribution in [-0.2, 0) is 4.79 Å². The fraction of sp³-hybridized carbons (Fsp3) is 0.600. The summed E-state index contributed by atoms with van der Waals surface area (Å²) < 4.78 is 0. The van der Waals surface area contributed by atoms with Crippen molar-refractivity contribution in [1.29, 1.82) is 0 Å². The molecule has 1 aromatic rings. The first-order valence-corrected chi connectivity index (χ1v) is 8.16. The molecule has 3 unspecified atom stereocenters. The smallest absolute Gasteiger partial charge is 0.243 e. The van der Waals surface area contributed by atoms with E-state index in [4.69, 9.17) is 0 Å². The Bertz CT molecular complexity index is 504. The molecule has 1 aliphatic carbocycles. The summed E-state index contributed by atoms with van der Waals surface area (Å²) in [6, 6.07) is 4.80. The normalized spacial score (nSPS) is 21.5. The Kier molecular flexibility index (Phi) is 7.61. The van der Waals surface area contributed by atoms with Crippen LogP contribution >= 0.6 is 35.3 Å². The Labute approximate surface area is 153 Å². The summed E-state index contributed by atoms with van der Waals surface area (Å²) in [5.41, 5.74) is 0. The van der Waals surface area contributed by atoms with Crippen molar-refractivity contribution in [1.82, 2.24) is 15.5 Å². The zero-order valence-corrected chi connectivity index (χ0v) is 16.6. The number of carbonyl (C=O) groups is 1. The lowest BCUT2D eigenvalue weighted by molar-refractivity contribution is -0.127. The fourth-order valence-electron chi connectivity index (χ4n) is 1.93. The van der Waals surface area contributed by atoms with Gasteiger partial charge in [0.05, 0.1) is 6.04 Å². The molecular formula is C15H25IN4OS. The number of hydrogen-bond donors (Lipinski definition) is 2. The van der Waals surface area contributed by atoms with Crippen molar-refractivity contribution in [2.45, 2.75) is 32.4 Å². The lowest BCUT2D eigenvalue weighted by Crippen LogP contribution is -2.41. The van der Waals surface area contributed by atoms with Gasteiger partial charge in [-0.05, 0) is 30.7 Å². The predicted octanol–water partition coefficient (Wildman–Crippen LogP) is 2.46. The van der Waals surface area contributed by atoms with Gasteiger partial charge in [0.1, 0.15) is 6.54 Å². The highest BCUT2D eigenvalue weighted by atomic mass is 127. The Hall–Kier alpha value is -0.830. The molecule has 5 nitrogen and oxygen atoms in total. The molecule has 124 valence electrons. The molecule has 1 heterocycles. The standard InChI is InChI=1S/C15H24N4OS.HI/c1-10-8-12(10)18-15(16-9-14(20)19(3)4)17-11(2)13-6-5-7-21-13;/h5-7,10-12H,8-9H2,1-4H3,(H2,16,17,18);1H. The Morgan fingerprint density at radius 2 is 2.23 bits per heavy atom. The number of amides is 1. The Morgan fingerprint density at radius 3 is 2.73 bits per heavy atom. The molecule has 22 heavy (non-hydrogen) atoms. The summed E-state index contributed by atoms with van der Waals surface area (Å²) in [7, 11) is 3.49. The van der Waals surface area contributed by atoms with Crippen LogP contribution in [0.1, 0.15) is 31.2 Å². The van der Waals surface area contributed by atoms with Crippen molar-refractivity contribution in [3.05, 3.63) is 22.4 Å². The van der Waals surface area contributed by atoms with Crippen LogP contribution in [0, 0.1) is 5.92 Å². The number of thiophene rings is 1. The molecule has 3 atom stereocenters. The highest BCUT2D eigenvalue weighted by molar-refractivity contribution is 14.0. The van der Waals surface area contributed by atoms with E-state index < -0.39 is 0 Å². The van der Waals surface area contributed by atoms with Crippen LogP contribution in [0.15, 0.2) is 22.5 Å². The molecule has 1 aliphatic rings. The van der Waals surface area contributed by atoms with Crippen molar-refractivity contribution in [3.8, 4) is 0 Å². The van der Waals surface area contributed by atoms with E-state index in [1.54, 1.807) is 30.3 Å². The largest absolute Gasteiger partial charge is 0.353 e. The van der Waals surface area contributed by atoms with E-state index in [0.717, 1.165) is 12.4 Å². The maximum atomic E-state index is 11.7. The van der Waals surface area contributed by atoms with Gasteiger partial charge >= 0.3 is 0 Å². The van der Waals surface area contributed by atoms with Crippen molar-refractivity contribution < 1.29 is 4.79 Å². The topological polar surface area (TPSA) is 56.7 Å². The fourth-order valence-corrected chi connectivity index (χ4v) is 2.67. The van der Waals surface area contributed by atoms with E-state index in [0.29, 0.717) is 12.0 Å². The zero-order chi connectivity index (χ0) is 15.4. The molecule has 0 spiro atoms. The second-order valence-electron chi connectivity index (χ2n) is 5.80. The van der Waals surface area contributed by atoms with Gasteiger partial charge in [-0.2, -0.15) is 0 Å². The SMILES string of the molecule is CC(NC(=NCC(=O)N(C)C)NC1CC1C)c1cccs1.I. The van der Waals surface area contributed by atoms with E-state index >= 15 is 0 Å². The minimum atomic E-state index is 0. The Morgan fingerprint density at radius 1 is 1.55 bits per heavy atom. The van der Waals surface area contributed by atoms with Crippen LogP contribution in [0.2, 0.25) is 0 Å². The Balaban J connectivity index is 0.00000242. The van der Waals surface area contributed by atoms with Crippen LogP contribution < -0.4 is 10.6 Å². The molecule has 0 saturated heterocycles. The first-order chi connectivity index (χ1) is 9.97. The van der Waals surface area contributed by atoms with Gasteiger partial charge in [-0.1, -0.05) is 13.0 Å². The second kappa shape index (κ2) is 8.71. The molecule has 1 saturated carbocycles. The minimum absolute atomic E-state index is 0. The quantitative estimate of drug-likeness (QED) is 0.424. The number of aliphatic imine (C=N–C) groups is 1. The number of carbonyl (C=O) groups excluding carboxylic acids is 1. The molecule has 1 aromatic heterocycles. The van der Waals surface area contributed by atoms with Gasteiger partial charge in [0.15, 0.2) is 5.96 Å². The molecular weight excluding hydrogens is 411 g/mol. The number of likely N-dealkylation sites (N-methyl/N-ethyl adjacent to an activating group) is 1. The summed E-state index contributed by atoms with van der Waals surface area (Å²) in [5, 5.41) is 8.85. The molecule has 1 fully saturated rings. The third-order valence-electron chi connectivity index (χ3n) is 3.63. The van der Waals surface area contributed by atoms with E-state index in [2.05, 4.69) is 40.9 Å². The van der Waals surface area contributed by atoms with E-state index in [1.807, 2.05) is 6.07 Å². The number of halogens is 1. The van der Waals surface area contributed by atoms with Crippen LogP contribution in [-0.4, -0.2) is 43.4 Å². The zero-order valence-electron chi connectivity index (χ0n) is 13.5. The van der Waals surface area contributed by atoms with Crippen LogP contribution in [0.4, 0.5) is 0 Å². The lowest BCUT2D eigenvalue weighted by Gasteiger charge is -2.18. The third-order valence-corrected chi connectivity index (χ3v) is 4.68. The average molecular weight is 436 g/mol. The minimum Gasteiger partial charge on any atom is -0.353 e. The summed E-state index contributed by atoms with van der Waals surface area (Å²) in [5.74, 6) is 1.41. The van der Waals surface area contributed by atoms with E-state index in [9.17, 15) is 4.79 Å². The number of hydrogen-bond acceptors (Lipinski definition) is 3. The number of rotatable bonds is 5. The summed E-state index contributed by atoms with van der Waals surface area (Å²) in [6.07, 6.45) is 1.16. The predicted molar refractivity (Wildman–Crippen MR) is 103 cm³/mol. The number of nitrogens with zero attached hydrogens (tertiary/aromatic N) is 2. The molecule has 0 aromatic carbocycles. The highest BCUT2D eigenvalue weighted by Crippen LogP contribution is 2.29. The van der Waals surface area contributed by atoms with E-state index in [-0.39, 0.29) is 42.5 Å². The van der Waals surface area contributed by atoms with Crippen molar-refractivity contribution in [2.24, 2.45) is 10.9 Å². The summed E-state index contributed by atoms with van der Waals surface area (Å²) in [4.78, 5) is 18.9. The molecule has 7 heteroatoms. The second-order valence-corrected chi connectivity index (χ2v) is 6.78. The van der Waals surface area contributed by atoms with Gasteiger partial charge in [-0.3, -0.25) is 4.79 Å². The molecule has 0 bridgehead atoms. The van der Waals surface area contributed by atoms with Gasteiger partial charge in [0.25, 0.3) is 0 Å². The van der Waals surface area contributed by atoms with Gasteiger partial charge < -0.3 is 15.5 Å². The summed E-state index contributed by atoms with van der Waals surface area (Å²) >= 11 is 1.72. The van der Waals surface area contributed by atoms with Crippen molar-refractivity contribution >= 4 is 47.2 Å². The molecule has 0 radical (unpaired) electrons. The van der Waals surface area contributed by atoms with Gasteiger partial charge in [-0.25, -0.2) is 4.99 Å². The summed E-state index contributed by atoms with van der Waals surface area (Å²) in [6.45, 7) is 4.48. The van der Waals surface area contributed by atoms with Crippen molar-refractivity contribution in [2.75, 3.05) is 20.6 Å². The van der Waals surface area contributed by atoms with Crippen LogP contribution in [0.5, 0.6) is 0 Å².